The SMILES string of the molecule is CCNC(C)c1ncc(-c2ccoc2)o1. The molecule has 2 aromatic heterocycles. The summed E-state index contributed by atoms with van der Waals surface area (Å²) in [5.41, 5.74) is 0.914. The quantitative estimate of drug-likeness (QED) is 0.835. The zero-order chi connectivity index (χ0) is 10.7. The molecule has 4 nitrogen and oxygen atoms in total. The Hall–Kier alpha value is -1.55. The van der Waals surface area contributed by atoms with E-state index >= 15 is 0 Å². The van der Waals surface area contributed by atoms with Gasteiger partial charge >= 0.3 is 0 Å². The zero-order valence-corrected chi connectivity index (χ0v) is 8.86. The van der Waals surface area contributed by atoms with Crippen LogP contribution in [-0.4, -0.2) is 11.5 Å². The maximum absolute atomic E-state index is 5.61. The highest BCUT2D eigenvalue weighted by Gasteiger charge is 2.12. The van der Waals surface area contributed by atoms with Crippen LogP contribution in [0.2, 0.25) is 0 Å². The van der Waals surface area contributed by atoms with Gasteiger partial charge in [-0.25, -0.2) is 4.98 Å². The van der Waals surface area contributed by atoms with E-state index < -0.39 is 0 Å². The van der Waals surface area contributed by atoms with Gasteiger partial charge in [0, 0.05) is 0 Å². The Morgan fingerprint density at radius 1 is 1.53 bits per heavy atom. The van der Waals surface area contributed by atoms with Gasteiger partial charge in [-0.3, -0.25) is 0 Å². The van der Waals surface area contributed by atoms with Gasteiger partial charge in [0.2, 0.25) is 5.89 Å². The molecular weight excluding hydrogens is 192 g/mol. The van der Waals surface area contributed by atoms with E-state index in [9.17, 15) is 0 Å². The van der Waals surface area contributed by atoms with Crippen molar-refractivity contribution in [2.45, 2.75) is 19.9 Å². The van der Waals surface area contributed by atoms with E-state index in [2.05, 4.69) is 17.2 Å². The van der Waals surface area contributed by atoms with Gasteiger partial charge in [-0.2, -0.15) is 0 Å². The van der Waals surface area contributed by atoms with E-state index in [1.54, 1.807) is 18.7 Å². The molecule has 0 aromatic carbocycles. The molecule has 0 radical (unpaired) electrons. The third-order valence-corrected chi connectivity index (χ3v) is 2.21. The Kier molecular flexibility index (Phi) is 2.87. The van der Waals surface area contributed by atoms with Gasteiger partial charge in [-0.15, -0.1) is 0 Å². The Balaban J connectivity index is 2.17. The summed E-state index contributed by atoms with van der Waals surface area (Å²) in [6.07, 6.45) is 4.97. The van der Waals surface area contributed by atoms with Crippen molar-refractivity contribution >= 4 is 0 Å². The molecule has 0 saturated heterocycles. The second-order valence-corrected chi connectivity index (χ2v) is 3.35. The predicted molar refractivity (Wildman–Crippen MR) is 56.3 cm³/mol. The smallest absolute Gasteiger partial charge is 0.211 e. The number of aromatic nitrogens is 1. The Morgan fingerprint density at radius 3 is 3.07 bits per heavy atom. The first kappa shape index (κ1) is 9.98. The van der Waals surface area contributed by atoms with E-state index in [1.807, 2.05) is 13.0 Å². The fraction of sp³-hybridized carbons (Fsp3) is 0.364. The van der Waals surface area contributed by atoms with E-state index in [1.165, 1.54) is 0 Å². The fourth-order valence-electron chi connectivity index (χ4n) is 1.42. The van der Waals surface area contributed by atoms with Crippen LogP contribution < -0.4 is 5.32 Å². The monoisotopic (exact) mass is 206 g/mol. The maximum atomic E-state index is 5.61. The highest BCUT2D eigenvalue weighted by Crippen LogP contribution is 2.22. The number of furan rings is 1. The van der Waals surface area contributed by atoms with Crippen LogP contribution in [0.15, 0.2) is 33.6 Å². The highest BCUT2D eigenvalue weighted by molar-refractivity contribution is 5.53. The minimum Gasteiger partial charge on any atom is -0.472 e. The van der Waals surface area contributed by atoms with E-state index in [0.717, 1.165) is 17.9 Å². The van der Waals surface area contributed by atoms with E-state index in [-0.39, 0.29) is 6.04 Å². The van der Waals surface area contributed by atoms with Gasteiger partial charge in [0.1, 0.15) is 6.26 Å². The minimum absolute atomic E-state index is 0.135. The average molecular weight is 206 g/mol. The largest absolute Gasteiger partial charge is 0.472 e. The topological polar surface area (TPSA) is 51.2 Å². The van der Waals surface area contributed by atoms with Crippen LogP contribution in [0.3, 0.4) is 0 Å². The molecule has 0 aliphatic heterocycles. The lowest BCUT2D eigenvalue weighted by molar-refractivity contribution is 0.428. The normalized spacial score (nSPS) is 12.9. The molecule has 0 spiro atoms. The molecule has 2 rings (SSSR count). The molecule has 0 amide bonds. The summed E-state index contributed by atoms with van der Waals surface area (Å²) in [5.74, 6) is 1.44. The van der Waals surface area contributed by atoms with Crippen molar-refractivity contribution in [2.24, 2.45) is 0 Å². The molecular formula is C11H14N2O2. The molecule has 0 aliphatic carbocycles. The molecule has 4 heteroatoms. The first-order chi connectivity index (χ1) is 7.31. The second kappa shape index (κ2) is 4.31. The number of rotatable bonds is 4. The van der Waals surface area contributed by atoms with Crippen LogP contribution in [0.1, 0.15) is 25.8 Å². The Bertz CT molecular complexity index is 406. The van der Waals surface area contributed by atoms with Gasteiger partial charge in [-0.05, 0) is 19.5 Å². The van der Waals surface area contributed by atoms with Crippen molar-refractivity contribution in [3.8, 4) is 11.3 Å². The summed E-state index contributed by atoms with van der Waals surface area (Å²) in [6.45, 7) is 4.97. The molecule has 15 heavy (non-hydrogen) atoms. The molecule has 80 valence electrons. The zero-order valence-electron chi connectivity index (χ0n) is 8.86. The number of hydrogen-bond donors (Lipinski definition) is 1. The van der Waals surface area contributed by atoms with E-state index in [4.69, 9.17) is 8.83 Å². The minimum atomic E-state index is 0.135. The van der Waals surface area contributed by atoms with Crippen LogP contribution in [0, 0.1) is 0 Å². The lowest BCUT2D eigenvalue weighted by Crippen LogP contribution is -2.17. The van der Waals surface area contributed by atoms with Gasteiger partial charge in [0.15, 0.2) is 5.76 Å². The summed E-state index contributed by atoms with van der Waals surface area (Å²) in [5, 5.41) is 3.24. The molecule has 1 unspecified atom stereocenters. The Labute approximate surface area is 88.3 Å². The summed E-state index contributed by atoms with van der Waals surface area (Å²) in [6, 6.07) is 1.98. The third-order valence-electron chi connectivity index (χ3n) is 2.21. The third kappa shape index (κ3) is 2.10. The van der Waals surface area contributed by atoms with Gasteiger partial charge in [-0.1, -0.05) is 6.92 Å². The number of nitrogens with zero attached hydrogens (tertiary/aromatic N) is 1. The van der Waals surface area contributed by atoms with Gasteiger partial charge in [0.05, 0.1) is 24.1 Å². The maximum Gasteiger partial charge on any atom is 0.211 e. The van der Waals surface area contributed by atoms with Crippen LogP contribution in [0.4, 0.5) is 0 Å². The van der Waals surface area contributed by atoms with Crippen molar-refractivity contribution in [3.63, 3.8) is 0 Å². The van der Waals surface area contributed by atoms with Gasteiger partial charge in [0.25, 0.3) is 0 Å². The number of oxazole rings is 1. The van der Waals surface area contributed by atoms with Crippen LogP contribution in [0.5, 0.6) is 0 Å². The first-order valence-corrected chi connectivity index (χ1v) is 5.03. The molecule has 1 atom stereocenters. The number of hydrogen-bond acceptors (Lipinski definition) is 4. The van der Waals surface area contributed by atoms with Crippen molar-refractivity contribution in [1.29, 1.82) is 0 Å². The lowest BCUT2D eigenvalue weighted by Gasteiger charge is -2.06. The fourth-order valence-corrected chi connectivity index (χ4v) is 1.42. The number of nitrogens with one attached hydrogen (secondary N) is 1. The van der Waals surface area contributed by atoms with Crippen molar-refractivity contribution in [2.75, 3.05) is 6.54 Å². The summed E-state index contributed by atoms with van der Waals surface area (Å²) < 4.78 is 10.6. The standard InChI is InChI=1S/C11H14N2O2/c1-3-12-8(2)11-13-6-10(15-11)9-4-5-14-7-9/h4-8,12H,3H2,1-2H3. The Morgan fingerprint density at radius 2 is 2.40 bits per heavy atom. The van der Waals surface area contributed by atoms with Crippen LogP contribution in [-0.2, 0) is 0 Å². The molecule has 1 N–H and O–H groups in total. The molecule has 0 aliphatic rings. The summed E-state index contributed by atoms with van der Waals surface area (Å²) in [7, 11) is 0. The average Bonchev–Trinajstić information content (AvgIpc) is 2.89. The van der Waals surface area contributed by atoms with Crippen molar-refractivity contribution in [1.82, 2.24) is 10.3 Å². The van der Waals surface area contributed by atoms with Crippen molar-refractivity contribution in [3.05, 3.63) is 30.7 Å². The molecule has 0 saturated carbocycles. The van der Waals surface area contributed by atoms with E-state index in [0.29, 0.717) is 5.89 Å². The van der Waals surface area contributed by atoms with Crippen LogP contribution in [0.25, 0.3) is 11.3 Å². The highest BCUT2D eigenvalue weighted by atomic mass is 16.4. The van der Waals surface area contributed by atoms with Crippen LogP contribution >= 0.6 is 0 Å². The van der Waals surface area contributed by atoms with Gasteiger partial charge < -0.3 is 14.2 Å². The second-order valence-electron chi connectivity index (χ2n) is 3.35. The summed E-state index contributed by atoms with van der Waals surface area (Å²) in [4.78, 5) is 4.22. The molecule has 0 bridgehead atoms. The molecule has 2 heterocycles. The lowest BCUT2D eigenvalue weighted by atomic mass is 10.3. The first-order valence-electron chi connectivity index (χ1n) is 5.03. The van der Waals surface area contributed by atoms with Crippen molar-refractivity contribution < 1.29 is 8.83 Å². The molecule has 2 aromatic rings. The summed E-state index contributed by atoms with van der Waals surface area (Å²) >= 11 is 0. The molecule has 0 fully saturated rings. The predicted octanol–water partition coefficient (Wildman–Crippen LogP) is 2.61.